The standard InChI is InChI=1S/C13H11BrN4O2S2/c14-10-7-6-9(20-10)11(19)16-13(22)18-17-12(21)15-8-4-2-1-3-5-8/h1-7H,(H2,15,17,21)(H2,16,18,19,22). The molecule has 2 aromatic rings. The van der Waals surface area contributed by atoms with Gasteiger partial charge in [-0.25, -0.2) is 0 Å². The van der Waals surface area contributed by atoms with Crippen molar-refractivity contribution in [2.75, 3.05) is 5.32 Å². The van der Waals surface area contributed by atoms with Crippen molar-refractivity contribution in [3.8, 4) is 0 Å². The highest BCUT2D eigenvalue weighted by molar-refractivity contribution is 9.10. The number of halogens is 1. The zero-order valence-electron chi connectivity index (χ0n) is 11.1. The molecule has 1 heterocycles. The van der Waals surface area contributed by atoms with Crippen molar-refractivity contribution in [2.24, 2.45) is 0 Å². The van der Waals surface area contributed by atoms with Crippen molar-refractivity contribution in [1.29, 1.82) is 0 Å². The summed E-state index contributed by atoms with van der Waals surface area (Å²) in [7, 11) is 0. The molecule has 22 heavy (non-hydrogen) atoms. The van der Waals surface area contributed by atoms with Crippen molar-refractivity contribution in [3.05, 3.63) is 52.9 Å². The van der Waals surface area contributed by atoms with Gasteiger partial charge < -0.3 is 9.73 Å². The molecule has 0 aliphatic rings. The lowest BCUT2D eigenvalue weighted by Gasteiger charge is -2.13. The van der Waals surface area contributed by atoms with E-state index in [0.29, 0.717) is 9.78 Å². The molecule has 0 radical (unpaired) electrons. The van der Waals surface area contributed by atoms with Gasteiger partial charge in [0.1, 0.15) is 0 Å². The molecule has 0 aliphatic heterocycles. The number of carbonyl (C=O) groups excluding carboxylic acids is 1. The molecule has 0 unspecified atom stereocenters. The summed E-state index contributed by atoms with van der Waals surface area (Å²) in [6.07, 6.45) is 0. The van der Waals surface area contributed by atoms with E-state index in [9.17, 15) is 4.79 Å². The van der Waals surface area contributed by atoms with Gasteiger partial charge in [-0.3, -0.25) is 21.0 Å². The van der Waals surface area contributed by atoms with E-state index in [1.54, 1.807) is 6.07 Å². The van der Waals surface area contributed by atoms with E-state index in [0.717, 1.165) is 5.69 Å². The molecule has 0 saturated heterocycles. The molecule has 0 atom stereocenters. The fourth-order valence-electron chi connectivity index (χ4n) is 1.43. The Hall–Kier alpha value is -1.97. The average molecular weight is 399 g/mol. The number of furan rings is 1. The number of thiocarbonyl (C=S) groups is 2. The molecule has 0 spiro atoms. The second-order valence-electron chi connectivity index (χ2n) is 3.96. The predicted molar refractivity (Wildman–Crippen MR) is 95.4 cm³/mol. The highest BCUT2D eigenvalue weighted by Crippen LogP contribution is 2.13. The Balaban J connectivity index is 1.75. The molecule has 0 fully saturated rings. The van der Waals surface area contributed by atoms with Gasteiger partial charge in [-0.05, 0) is 64.6 Å². The van der Waals surface area contributed by atoms with E-state index in [4.69, 9.17) is 28.9 Å². The molecule has 0 saturated carbocycles. The van der Waals surface area contributed by atoms with Crippen molar-refractivity contribution in [1.82, 2.24) is 16.2 Å². The Morgan fingerprint density at radius 1 is 1.00 bits per heavy atom. The van der Waals surface area contributed by atoms with Crippen LogP contribution in [0.25, 0.3) is 0 Å². The van der Waals surface area contributed by atoms with Crippen LogP contribution in [0.4, 0.5) is 5.69 Å². The first-order valence-electron chi connectivity index (χ1n) is 6.03. The molecule has 9 heteroatoms. The molecule has 6 nitrogen and oxygen atoms in total. The monoisotopic (exact) mass is 398 g/mol. The number of hydrazine groups is 1. The van der Waals surface area contributed by atoms with Gasteiger partial charge in [-0.1, -0.05) is 18.2 Å². The summed E-state index contributed by atoms with van der Waals surface area (Å²) in [4.78, 5) is 11.8. The first kappa shape index (κ1) is 16.4. The highest BCUT2D eigenvalue weighted by atomic mass is 79.9. The SMILES string of the molecule is O=C(NC(=S)NNC(=S)Nc1ccccc1)c1ccc(Br)o1. The smallest absolute Gasteiger partial charge is 0.293 e. The summed E-state index contributed by atoms with van der Waals surface area (Å²) in [5, 5.41) is 5.77. The third kappa shape index (κ3) is 5.10. The van der Waals surface area contributed by atoms with Gasteiger partial charge in [-0.15, -0.1) is 0 Å². The zero-order valence-corrected chi connectivity index (χ0v) is 14.3. The van der Waals surface area contributed by atoms with Crippen LogP contribution in [0.5, 0.6) is 0 Å². The molecule has 1 aromatic heterocycles. The summed E-state index contributed by atoms with van der Waals surface area (Å²) in [6.45, 7) is 0. The number of nitrogens with one attached hydrogen (secondary N) is 4. The molecule has 0 aliphatic carbocycles. The maximum absolute atomic E-state index is 11.8. The highest BCUT2D eigenvalue weighted by Gasteiger charge is 2.11. The molecular weight excluding hydrogens is 388 g/mol. The minimum absolute atomic E-state index is 0.0646. The Morgan fingerprint density at radius 3 is 2.32 bits per heavy atom. The normalized spacial score (nSPS) is 9.68. The summed E-state index contributed by atoms with van der Waals surface area (Å²) >= 11 is 13.2. The quantitative estimate of drug-likeness (QED) is 0.457. The van der Waals surface area contributed by atoms with Crippen molar-refractivity contribution in [2.45, 2.75) is 0 Å². The third-order valence-corrected chi connectivity index (χ3v) is 3.18. The van der Waals surface area contributed by atoms with Crippen molar-refractivity contribution < 1.29 is 9.21 Å². The van der Waals surface area contributed by atoms with Crippen LogP contribution in [-0.4, -0.2) is 16.1 Å². The molecule has 0 bridgehead atoms. The number of benzene rings is 1. The van der Waals surface area contributed by atoms with Gasteiger partial charge in [0.2, 0.25) is 0 Å². The van der Waals surface area contributed by atoms with Crippen LogP contribution in [0, 0.1) is 0 Å². The van der Waals surface area contributed by atoms with E-state index >= 15 is 0 Å². The Labute approximate surface area is 145 Å². The number of amides is 1. The number of para-hydroxylation sites is 1. The number of hydrogen-bond acceptors (Lipinski definition) is 4. The topological polar surface area (TPSA) is 78.3 Å². The van der Waals surface area contributed by atoms with Crippen LogP contribution in [0.3, 0.4) is 0 Å². The van der Waals surface area contributed by atoms with E-state index in [1.807, 2.05) is 30.3 Å². The summed E-state index contributed by atoms with van der Waals surface area (Å²) in [6, 6.07) is 12.5. The minimum atomic E-state index is -0.466. The van der Waals surface area contributed by atoms with Crippen LogP contribution in [0.2, 0.25) is 0 Å². The number of rotatable bonds is 2. The van der Waals surface area contributed by atoms with E-state index < -0.39 is 5.91 Å². The van der Waals surface area contributed by atoms with Crippen molar-refractivity contribution >= 4 is 62.2 Å². The molecule has 1 aromatic carbocycles. The van der Waals surface area contributed by atoms with Gasteiger partial charge in [0.25, 0.3) is 5.91 Å². The number of hydrogen-bond donors (Lipinski definition) is 4. The Bertz CT molecular complexity index is 690. The number of carbonyl (C=O) groups is 1. The van der Waals surface area contributed by atoms with Gasteiger partial charge in [0.05, 0.1) is 0 Å². The maximum Gasteiger partial charge on any atom is 0.293 e. The van der Waals surface area contributed by atoms with Crippen LogP contribution in [0.15, 0.2) is 51.6 Å². The van der Waals surface area contributed by atoms with Crippen LogP contribution in [-0.2, 0) is 0 Å². The first-order chi connectivity index (χ1) is 10.5. The lowest BCUT2D eigenvalue weighted by molar-refractivity contribution is 0.0948. The third-order valence-electron chi connectivity index (χ3n) is 2.35. The zero-order chi connectivity index (χ0) is 15.9. The second-order valence-corrected chi connectivity index (χ2v) is 5.56. The van der Waals surface area contributed by atoms with Crippen molar-refractivity contribution in [3.63, 3.8) is 0 Å². The molecular formula is C13H11BrN4O2S2. The van der Waals surface area contributed by atoms with E-state index in [1.165, 1.54) is 6.07 Å². The summed E-state index contributed by atoms with van der Waals surface area (Å²) in [5.41, 5.74) is 6.10. The maximum atomic E-state index is 11.8. The largest absolute Gasteiger partial charge is 0.444 e. The minimum Gasteiger partial charge on any atom is -0.444 e. The fourth-order valence-corrected chi connectivity index (χ4v) is 2.05. The lowest BCUT2D eigenvalue weighted by Crippen LogP contribution is -2.49. The van der Waals surface area contributed by atoms with Crippen LogP contribution in [0.1, 0.15) is 10.6 Å². The van der Waals surface area contributed by atoms with Gasteiger partial charge in [0.15, 0.2) is 20.7 Å². The second kappa shape index (κ2) is 7.87. The first-order valence-corrected chi connectivity index (χ1v) is 7.64. The van der Waals surface area contributed by atoms with Gasteiger partial charge >= 0.3 is 0 Å². The lowest BCUT2D eigenvalue weighted by atomic mass is 10.3. The predicted octanol–water partition coefficient (Wildman–Crippen LogP) is 2.55. The molecule has 2 rings (SSSR count). The average Bonchev–Trinajstić information content (AvgIpc) is 2.93. The van der Waals surface area contributed by atoms with Crippen LogP contribution < -0.4 is 21.5 Å². The van der Waals surface area contributed by atoms with Crippen LogP contribution >= 0.6 is 40.4 Å². The Morgan fingerprint density at radius 2 is 1.68 bits per heavy atom. The number of anilines is 1. The fraction of sp³-hybridized carbons (Fsp3) is 0. The molecule has 1 amide bonds. The molecule has 4 N–H and O–H groups in total. The Kier molecular flexibility index (Phi) is 5.87. The van der Waals surface area contributed by atoms with E-state index in [-0.39, 0.29) is 10.9 Å². The van der Waals surface area contributed by atoms with E-state index in [2.05, 4.69) is 37.4 Å². The summed E-state index contributed by atoms with van der Waals surface area (Å²) < 4.78 is 5.57. The summed E-state index contributed by atoms with van der Waals surface area (Å²) in [5.74, 6) is -0.326. The molecule has 114 valence electrons. The van der Waals surface area contributed by atoms with Gasteiger partial charge in [0, 0.05) is 5.69 Å². The van der Waals surface area contributed by atoms with Gasteiger partial charge in [-0.2, -0.15) is 0 Å².